The van der Waals surface area contributed by atoms with Gasteiger partial charge in [0.05, 0.1) is 5.60 Å². The highest BCUT2D eigenvalue weighted by Gasteiger charge is 2.31. The van der Waals surface area contributed by atoms with Crippen molar-refractivity contribution < 1.29 is 5.11 Å². The molecule has 0 saturated carbocycles. The zero-order chi connectivity index (χ0) is 8.41. The summed E-state index contributed by atoms with van der Waals surface area (Å²) in [6, 6.07) is 0. The fourth-order valence-electron chi connectivity index (χ4n) is 0.575. The highest BCUT2D eigenvalue weighted by molar-refractivity contribution is 5.03. The molecule has 1 N–H and O–H groups in total. The second-order valence-electron chi connectivity index (χ2n) is 3.90. The summed E-state index contributed by atoms with van der Waals surface area (Å²) in [5.74, 6) is 0. The summed E-state index contributed by atoms with van der Waals surface area (Å²) < 4.78 is 0. The van der Waals surface area contributed by atoms with E-state index < -0.39 is 5.60 Å². The Bertz CT molecular complexity index is 126. The maximum Gasteiger partial charge on any atom is 0.0847 e. The van der Waals surface area contributed by atoms with E-state index in [9.17, 15) is 5.11 Å². The summed E-state index contributed by atoms with van der Waals surface area (Å²) in [5.41, 5.74) is -0.777. The number of hydrogen-bond donors (Lipinski definition) is 1. The van der Waals surface area contributed by atoms with Gasteiger partial charge in [-0.1, -0.05) is 32.9 Å². The summed E-state index contributed by atoms with van der Waals surface area (Å²) in [6.45, 7) is 9.81. The van der Waals surface area contributed by atoms with Crippen molar-refractivity contribution in [3.63, 3.8) is 0 Å². The first-order chi connectivity index (χ1) is 4.31. The van der Waals surface area contributed by atoms with Crippen LogP contribution in [0.1, 0.15) is 34.6 Å². The van der Waals surface area contributed by atoms with E-state index >= 15 is 0 Å². The molecule has 0 aromatic carbocycles. The molecule has 0 aromatic rings. The lowest BCUT2D eigenvalue weighted by Crippen LogP contribution is -2.37. The Hall–Kier alpha value is -0.300. The van der Waals surface area contributed by atoms with Crippen molar-refractivity contribution in [2.24, 2.45) is 5.41 Å². The first-order valence-corrected chi connectivity index (χ1v) is 3.67. The number of rotatable bonds is 1. The largest absolute Gasteiger partial charge is 0.386 e. The van der Waals surface area contributed by atoms with Crippen molar-refractivity contribution in [3.05, 3.63) is 12.2 Å². The second-order valence-corrected chi connectivity index (χ2v) is 3.90. The molecule has 0 aliphatic carbocycles. The van der Waals surface area contributed by atoms with E-state index in [-0.39, 0.29) is 5.41 Å². The average molecular weight is 142 g/mol. The number of hydrogen-bond acceptors (Lipinski definition) is 1. The molecule has 0 saturated heterocycles. The van der Waals surface area contributed by atoms with Crippen LogP contribution in [-0.2, 0) is 0 Å². The van der Waals surface area contributed by atoms with Gasteiger partial charge in [0.25, 0.3) is 0 Å². The minimum atomic E-state index is -0.693. The molecule has 60 valence electrons. The molecular formula is C9H18O. The summed E-state index contributed by atoms with van der Waals surface area (Å²) >= 11 is 0. The molecule has 10 heavy (non-hydrogen) atoms. The van der Waals surface area contributed by atoms with E-state index in [0.717, 1.165) is 0 Å². The molecule has 1 unspecified atom stereocenters. The zero-order valence-electron chi connectivity index (χ0n) is 7.60. The SMILES string of the molecule is C/C=C/C(C)(O)C(C)(C)C. The van der Waals surface area contributed by atoms with Crippen LogP contribution < -0.4 is 0 Å². The predicted octanol–water partition coefficient (Wildman–Crippen LogP) is 2.36. The Kier molecular flexibility index (Phi) is 2.67. The van der Waals surface area contributed by atoms with Crippen LogP contribution in [0, 0.1) is 5.41 Å². The third kappa shape index (κ3) is 2.14. The molecule has 0 rings (SSSR count). The summed E-state index contributed by atoms with van der Waals surface area (Å²) in [7, 11) is 0. The summed E-state index contributed by atoms with van der Waals surface area (Å²) in [6.07, 6.45) is 3.71. The zero-order valence-corrected chi connectivity index (χ0v) is 7.60. The first-order valence-electron chi connectivity index (χ1n) is 3.67. The molecule has 0 aliphatic rings. The van der Waals surface area contributed by atoms with E-state index in [0.29, 0.717) is 0 Å². The standard InChI is InChI=1S/C9H18O/c1-6-7-9(5,10)8(2,3)4/h6-7,10H,1-5H3/b7-6+. The van der Waals surface area contributed by atoms with E-state index in [1.54, 1.807) is 0 Å². The Morgan fingerprint density at radius 1 is 1.10 bits per heavy atom. The van der Waals surface area contributed by atoms with Crippen LogP contribution in [-0.4, -0.2) is 10.7 Å². The van der Waals surface area contributed by atoms with E-state index in [4.69, 9.17) is 0 Å². The lowest BCUT2D eigenvalue weighted by molar-refractivity contribution is 0.00353. The van der Waals surface area contributed by atoms with Gasteiger partial charge in [0.15, 0.2) is 0 Å². The van der Waals surface area contributed by atoms with Crippen molar-refractivity contribution in [2.75, 3.05) is 0 Å². The molecule has 0 aromatic heterocycles. The molecule has 0 bridgehead atoms. The Balaban J connectivity index is 4.40. The smallest absolute Gasteiger partial charge is 0.0847 e. The van der Waals surface area contributed by atoms with Crippen LogP contribution in [0.5, 0.6) is 0 Å². The molecule has 0 amide bonds. The minimum Gasteiger partial charge on any atom is -0.386 e. The van der Waals surface area contributed by atoms with Gasteiger partial charge in [-0.2, -0.15) is 0 Å². The Morgan fingerprint density at radius 3 is 1.60 bits per heavy atom. The topological polar surface area (TPSA) is 20.2 Å². The molecule has 0 heterocycles. The van der Waals surface area contributed by atoms with Gasteiger partial charge in [0.2, 0.25) is 0 Å². The Labute approximate surface area is 63.8 Å². The van der Waals surface area contributed by atoms with Crippen molar-refractivity contribution >= 4 is 0 Å². The van der Waals surface area contributed by atoms with Gasteiger partial charge in [-0.05, 0) is 19.3 Å². The molecule has 1 atom stereocenters. The third-order valence-corrected chi connectivity index (χ3v) is 2.01. The van der Waals surface area contributed by atoms with Crippen molar-refractivity contribution in [3.8, 4) is 0 Å². The van der Waals surface area contributed by atoms with E-state index in [1.807, 2.05) is 46.8 Å². The van der Waals surface area contributed by atoms with Gasteiger partial charge in [-0.25, -0.2) is 0 Å². The molecule has 0 radical (unpaired) electrons. The van der Waals surface area contributed by atoms with Gasteiger partial charge in [0.1, 0.15) is 0 Å². The molecule has 1 heteroatoms. The number of aliphatic hydroxyl groups is 1. The van der Waals surface area contributed by atoms with Gasteiger partial charge >= 0.3 is 0 Å². The van der Waals surface area contributed by atoms with E-state index in [1.165, 1.54) is 0 Å². The van der Waals surface area contributed by atoms with Gasteiger partial charge in [-0.15, -0.1) is 0 Å². The van der Waals surface area contributed by atoms with Crippen molar-refractivity contribution in [1.29, 1.82) is 0 Å². The first kappa shape index (κ1) is 9.70. The molecule has 0 aliphatic heterocycles. The lowest BCUT2D eigenvalue weighted by atomic mass is 9.78. The van der Waals surface area contributed by atoms with Crippen molar-refractivity contribution in [1.82, 2.24) is 0 Å². The molecule has 1 nitrogen and oxygen atoms in total. The normalized spacial score (nSPS) is 19.4. The highest BCUT2D eigenvalue weighted by Crippen LogP contribution is 2.30. The van der Waals surface area contributed by atoms with Gasteiger partial charge in [-0.3, -0.25) is 0 Å². The minimum absolute atomic E-state index is 0.0838. The average Bonchev–Trinajstić information content (AvgIpc) is 1.61. The monoisotopic (exact) mass is 142 g/mol. The fourth-order valence-corrected chi connectivity index (χ4v) is 0.575. The van der Waals surface area contributed by atoms with Crippen LogP contribution in [0.15, 0.2) is 12.2 Å². The van der Waals surface area contributed by atoms with Crippen LogP contribution in [0.2, 0.25) is 0 Å². The fraction of sp³-hybridized carbons (Fsp3) is 0.778. The van der Waals surface area contributed by atoms with Gasteiger partial charge < -0.3 is 5.11 Å². The maximum absolute atomic E-state index is 9.76. The maximum atomic E-state index is 9.76. The molecule has 0 spiro atoms. The predicted molar refractivity (Wildman–Crippen MR) is 44.9 cm³/mol. The number of allylic oxidation sites excluding steroid dienone is 1. The quantitative estimate of drug-likeness (QED) is 0.557. The summed E-state index contributed by atoms with van der Waals surface area (Å²) in [4.78, 5) is 0. The van der Waals surface area contributed by atoms with Crippen LogP contribution >= 0.6 is 0 Å². The molecule has 0 fully saturated rings. The third-order valence-electron chi connectivity index (χ3n) is 2.01. The van der Waals surface area contributed by atoms with Crippen molar-refractivity contribution in [2.45, 2.75) is 40.2 Å². The lowest BCUT2D eigenvalue weighted by Gasteiger charge is -2.34. The summed E-state index contributed by atoms with van der Waals surface area (Å²) in [5, 5.41) is 9.76. The van der Waals surface area contributed by atoms with Crippen LogP contribution in [0.25, 0.3) is 0 Å². The Morgan fingerprint density at radius 2 is 1.50 bits per heavy atom. The van der Waals surface area contributed by atoms with Crippen LogP contribution in [0.3, 0.4) is 0 Å². The molecular weight excluding hydrogens is 124 g/mol. The second kappa shape index (κ2) is 2.75. The van der Waals surface area contributed by atoms with E-state index in [2.05, 4.69) is 0 Å². The highest BCUT2D eigenvalue weighted by atomic mass is 16.3. The van der Waals surface area contributed by atoms with Gasteiger partial charge in [0, 0.05) is 0 Å². The van der Waals surface area contributed by atoms with Crippen LogP contribution in [0.4, 0.5) is 0 Å².